The Bertz CT molecular complexity index is 407. The number of amides is 1. The first-order chi connectivity index (χ1) is 9.10. The highest BCUT2D eigenvalue weighted by Gasteiger charge is 2.17. The highest BCUT2D eigenvalue weighted by molar-refractivity contribution is 5.81. The first-order valence-corrected chi connectivity index (χ1v) is 6.76. The van der Waals surface area contributed by atoms with Crippen molar-refractivity contribution in [2.24, 2.45) is 0 Å². The van der Waals surface area contributed by atoms with Crippen LogP contribution in [-0.4, -0.2) is 25.6 Å². The van der Waals surface area contributed by atoms with E-state index in [2.05, 4.69) is 10.6 Å². The van der Waals surface area contributed by atoms with Gasteiger partial charge in [0.1, 0.15) is 5.75 Å². The molecule has 4 heteroatoms. The predicted molar refractivity (Wildman–Crippen MR) is 77.3 cm³/mol. The highest BCUT2D eigenvalue weighted by atomic mass is 16.5. The molecule has 1 aromatic carbocycles. The van der Waals surface area contributed by atoms with E-state index in [1.807, 2.05) is 45.0 Å². The number of rotatable bonds is 7. The van der Waals surface area contributed by atoms with Gasteiger partial charge in [-0.05, 0) is 26.3 Å². The van der Waals surface area contributed by atoms with Crippen LogP contribution >= 0.6 is 0 Å². The Morgan fingerprint density at radius 1 is 1.32 bits per heavy atom. The minimum Gasteiger partial charge on any atom is -0.496 e. The smallest absolute Gasteiger partial charge is 0.236 e. The Labute approximate surface area is 115 Å². The third-order valence-corrected chi connectivity index (χ3v) is 3.05. The molecule has 0 aliphatic carbocycles. The molecule has 0 saturated heterocycles. The molecule has 0 aromatic heterocycles. The zero-order valence-electron chi connectivity index (χ0n) is 12.2. The van der Waals surface area contributed by atoms with E-state index in [1.54, 1.807) is 7.11 Å². The molecule has 0 radical (unpaired) electrons. The fourth-order valence-corrected chi connectivity index (χ4v) is 1.97. The van der Waals surface area contributed by atoms with E-state index in [1.165, 1.54) is 0 Å². The van der Waals surface area contributed by atoms with Crippen molar-refractivity contribution >= 4 is 5.91 Å². The predicted octanol–water partition coefficient (Wildman–Crippen LogP) is 2.26. The van der Waals surface area contributed by atoms with E-state index in [0.29, 0.717) is 6.54 Å². The maximum Gasteiger partial charge on any atom is 0.236 e. The summed E-state index contributed by atoms with van der Waals surface area (Å²) in [7, 11) is 1.66. The van der Waals surface area contributed by atoms with Crippen molar-refractivity contribution in [3.63, 3.8) is 0 Å². The van der Waals surface area contributed by atoms with Crippen LogP contribution in [-0.2, 0) is 4.79 Å². The molecule has 0 fully saturated rings. The molecule has 0 aliphatic rings. The Kier molecular flexibility index (Phi) is 6.36. The SMILES string of the molecule is CCCNC(=O)C(C)NC(C)c1ccccc1OC. The summed E-state index contributed by atoms with van der Waals surface area (Å²) in [6, 6.07) is 7.66. The van der Waals surface area contributed by atoms with E-state index in [-0.39, 0.29) is 18.0 Å². The molecule has 2 unspecified atom stereocenters. The van der Waals surface area contributed by atoms with Crippen LogP contribution in [0.4, 0.5) is 0 Å². The first-order valence-electron chi connectivity index (χ1n) is 6.76. The lowest BCUT2D eigenvalue weighted by atomic mass is 10.1. The van der Waals surface area contributed by atoms with E-state index >= 15 is 0 Å². The molecular formula is C15H24N2O2. The maximum atomic E-state index is 11.8. The first kappa shape index (κ1) is 15.5. The molecule has 4 nitrogen and oxygen atoms in total. The maximum absolute atomic E-state index is 11.8. The van der Waals surface area contributed by atoms with Crippen LogP contribution in [0.25, 0.3) is 0 Å². The summed E-state index contributed by atoms with van der Waals surface area (Å²) in [4.78, 5) is 11.8. The zero-order valence-corrected chi connectivity index (χ0v) is 12.2. The van der Waals surface area contributed by atoms with Crippen molar-refractivity contribution in [3.8, 4) is 5.75 Å². The van der Waals surface area contributed by atoms with Crippen molar-refractivity contribution in [2.45, 2.75) is 39.3 Å². The lowest BCUT2D eigenvalue weighted by molar-refractivity contribution is -0.122. The Balaban J connectivity index is 2.63. The zero-order chi connectivity index (χ0) is 14.3. The molecule has 1 aromatic rings. The van der Waals surface area contributed by atoms with Crippen molar-refractivity contribution in [1.82, 2.24) is 10.6 Å². The van der Waals surface area contributed by atoms with Crippen LogP contribution in [0.1, 0.15) is 38.8 Å². The molecule has 2 N–H and O–H groups in total. The van der Waals surface area contributed by atoms with Gasteiger partial charge in [-0.3, -0.25) is 10.1 Å². The molecule has 19 heavy (non-hydrogen) atoms. The van der Waals surface area contributed by atoms with E-state index in [0.717, 1.165) is 17.7 Å². The van der Waals surface area contributed by atoms with Gasteiger partial charge in [0.15, 0.2) is 0 Å². The third kappa shape index (κ3) is 4.56. The van der Waals surface area contributed by atoms with Gasteiger partial charge in [-0.25, -0.2) is 0 Å². The van der Waals surface area contributed by atoms with Crippen LogP contribution in [0.5, 0.6) is 5.75 Å². The fourth-order valence-electron chi connectivity index (χ4n) is 1.97. The summed E-state index contributed by atoms with van der Waals surface area (Å²) in [5, 5.41) is 6.17. The molecular weight excluding hydrogens is 240 g/mol. The van der Waals surface area contributed by atoms with Gasteiger partial charge in [-0.1, -0.05) is 25.1 Å². The Morgan fingerprint density at radius 2 is 2.00 bits per heavy atom. The second-order valence-electron chi connectivity index (χ2n) is 4.64. The number of ether oxygens (including phenoxy) is 1. The standard InChI is InChI=1S/C15H24N2O2/c1-5-10-16-15(18)12(3)17-11(2)13-8-6-7-9-14(13)19-4/h6-9,11-12,17H,5,10H2,1-4H3,(H,16,18). The number of para-hydroxylation sites is 1. The molecule has 0 aliphatic heterocycles. The summed E-state index contributed by atoms with van der Waals surface area (Å²) in [5.74, 6) is 0.868. The van der Waals surface area contributed by atoms with Gasteiger partial charge in [0, 0.05) is 18.2 Å². The van der Waals surface area contributed by atoms with Crippen molar-refractivity contribution in [3.05, 3.63) is 29.8 Å². The molecule has 1 amide bonds. The molecule has 0 heterocycles. The van der Waals surface area contributed by atoms with Gasteiger partial charge in [0.2, 0.25) is 5.91 Å². The molecule has 2 atom stereocenters. The molecule has 0 saturated carbocycles. The fraction of sp³-hybridized carbons (Fsp3) is 0.533. The lowest BCUT2D eigenvalue weighted by Gasteiger charge is -2.21. The monoisotopic (exact) mass is 264 g/mol. The number of benzene rings is 1. The largest absolute Gasteiger partial charge is 0.496 e. The minimum atomic E-state index is -0.230. The number of carbonyl (C=O) groups is 1. The van der Waals surface area contributed by atoms with E-state index < -0.39 is 0 Å². The number of hydrogen-bond donors (Lipinski definition) is 2. The van der Waals surface area contributed by atoms with Crippen LogP contribution in [0.2, 0.25) is 0 Å². The van der Waals surface area contributed by atoms with Crippen molar-refractivity contribution in [2.75, 3.05) is 13.7 Å². The van der Waals surface area contributed by atoms with Gasteiger partial charge in [0.05, 0.1) is 13.2 Å². The number of carbonyl (C=O) groups excluding carboxylic acids is 1. The average Bonchev–Trinajstić information content (AvgIpc) is 2.44. The molecule has 106 valence electrons. The van der Waals surface area contributed by atoms with Crippen LogP contribution < -0.4 is 15.4 Å². The van der Waals surface area contributed by atoms with Crippen LogP contribution in [0, 0.1) is 0 Å². The highest BCUT2D eigenvalue weighted by Crippen LogP contribution is 2.24. The molecule has 0 spiro atoms. The van der Waals surface area contributed by atoms with E-state index in [4.69, 9.17) is 4.74 Å². The quantitative estimate of drug-likeness (QED) is 0.794. The number of methoxy groups -OCH3 is 1. The third-order valence-electron chi connectivity index (χ3n) is 3.05. The molecule has 1 rings (SSSR count). The van der Waals surface area contributed by atoms with Crippen molar-refractivity contribution < 1.29 is 9.53 Å². The normalized spacial score (nSPS) is 13.7. The Morgan fingerprint density at radius 3 is 2.63 bits per heavy atom. The van der Waals surface area contributed by atoms with Gasteiger partial charge in [-0.2, -0.15) is 0 Å². The van der Waals surface area contributed by atoms with Gasteiger partial charge < -0.3 is 10.1 Å². The summed E-state index contributed by atoms with van der Waals surface area (Å²) in [6.45, 7) is 6.65. The van der Waals surface area contributed by atoms with Crippen LogP contribution in [0.15, 0.2) is 24.3 Å². The summed E-state index contributed by atoms with van der Waals surface area (Å²) in [5.41, 5.74) is 1.06. The molecule has 0 bridgehead atoms. The lowest BCUT2D eigenvalue weighted by Crippen LogP contribution is -2.43. The average molecular weight is 264 g/mol. The number of nitrogens with one attached hydrogen (secondary N) is 2. The van der Waals surface area contributed by atoms with Gasteiger partial charge in [-0.15, -0.1) is 0 Å². The Hall–Kier alpha value is -1.55. The summed E-state index contributed by atoms with van der Waals surface area (Å²) >= 11 is 0. The van der Waals surface area contributed by atoms with E-state index in [9.17, 15) is 4.79 Å². The summed E-state index contributed by atoms with van der Waals surface area (Å²) in [6.07, 6.45) is 0.945. The van der Waals surface area contributed by atoms with Crippen molar-refractivity contribution in [1.29, 1.82) is 0 Å². The van der Waals surface area contributed by atoms with Gasteiger partial charge >= 0.3 is 0 Å². The minimum absolute atomic E-state index is 0.0311. The van der Waals surface area contributed by atoms with Crippen LogP contribution in [0.3, 0.4) is 0 Å². The second kappa shape index (κ2) is 7.79. The topological polar surface area (TPSA) is 50.4 Å². The summed E-state index contributed by atoms with van der Waals surface area (Å²) < 4.78 is 5.33. The number of hydrogen-bond acceptors (Lipinski definition) is 3. The second-order valence-corrected chi connectivity index (χ2v) is 4.64. The van der Waals surface area contributed by atoms with Gasteiger partial charge in [0.25, 0.3) is 0 Å².